The van der Waals surface area contributed by atoms with E-state index in [9.17, 15) is 14.4 Å². The molecule has 0 spiro atoms. The first-order valence-corrected chi connectivity index (χ1v) is 11.5. The fourth-order valence-corrected chi connectivity index (χ4v) is 3.93. The van der Waals surface area contributed by atoms with E-state index in [1.165, 1.54) is 0 Å². The second-order valence-corrected chi connectivity index (χ2v) is 8.85. The summed E-state index contributed by atoms with van der Waals surface area (Å²) < 4.78 is 5.90. The van der Waals surface area contributed by atoms with Gasteiger partial charge in [0.1, 0.15) is 5.25 Å². The number of benzene rings is 2. The lowest BCUT2D eigenvalue weighted by Crippen LogP contribution is -2.41. The Bertz CT molecular complexity index is 1070. The van der Waals surface area contributed by atoms with Crippen molar-refractivity contribution in [3.8, 4) is 0 Å². The highest BCUT2D eigenvalue weighted by Crippen LogP contribution is 2.23. The van der Waals surface area contributed by atoms with Crippen LogP contribution in [0.5, 0.6) is 0 Å². The number of amides is 2. The van der Waals surface area contributed by atoms with Gasteiger partial charge in [0, 0.05) is 16.6 Å². The summed E-state index contributed by atoms with van der Waals surface area (Å²) >= 11 is 4.52. The zero-order valence-electron chi connectivity index (χ0n) is 17.4. The van der Waals surface area contributed by atoms with Gasteiger partial charge in [-0.1, -0.05) is 39.8 Å². The molecule has 2 aromatic carbocycles. The Labute approximate surface area is 198 Å². The van der Waals surface area contributed by atoms with Crippen molar-refractivity contribution in [1.82, 2.24) is 5.32 Å². The van der Waals surface area contributed by atoms with Crippen molar-refractivity contribution < 1.29 is 19.1 Å². The highest BCUT2D eigenvalue weighted by Gasteiger charge is 2.30. The summed E-state index contributed by atoms with van der Waals surface area (Å²) in [6, 6.07) is 14.0. The van der Waals surface area contributed by atoms with Crippen LogP contribution < -0.4 is 10.6 Å². The number of rotatable bonds is 6. The van der Waals surface area contributed by atoms with Gasteiger partial charge in [0.15, 0.2) is 5.17 Å². The molecule has 2 amide bonds. The predicted octanol–water partition coefficient (Wildman–Crippen LogP) is 3.97. The number of halogens is 1. The largest absolute Gasteiger partial charge is 0.462 e. The van der Waals surface area contributed by atoms with Crippen molar-refractivity contribution in [3.63, 3.8) is 0 Å². The number of anilines is 1. The van der Waals surface area contributed by atoms with Crippen LogP contribution in [0.4, 0.5) is 5.69 Å². The molecule has 1 saturated heterocycles. The highest BCUT2D eigenvalue weighted by atomic mass is 79.9. The minimum absolute atomic E-state index is 0.0197. The summed E-state index contributed by atoms with van der Waals surface area (Å²) in [7, 11) is 0. The predicted molar refractivity (Wildman–Crippen MR) is 129 cm³/mol. The van der Waals surface area contributed by atoms with Crippen LogP contribution in [0, 0.1) is 0 Å². The van der Waals surface area contributed by atoms with Crippen LogP contribution in [0.2, 0.25) is 0 Å². The average molecular weight is 517 g/mol. The van der Waals surface area contributed by atoms with Gasteiger partial charge in [0.05, 0.1) is 17.9 Å². The smallest absolute Gasteiger partial charge is 0.338 e. The summed E-state index contributed by atoms with van der Waals surface area (Å²) in [6.07, 6.45) is 0.0197. The topological polar surface area (TPSA) is 109 Å². The van der Waals surface area contributed by atoms with Crippen LogP contribution in [0.15, 0.2) is 63.2 Å². The maximum atomic E-state index is 12.7. The minimum Gasteiger partial charge on any atom is -0.462 e. The van der Waals surface area contributed by atoms with Crippen molar-refractivity contribution in [2.75, 3.05) is 11.9 Å². The molecule has 8 nitrogen and oxygen atoms in total. The molecule has 0 aliphatic carbocycles. The lowest BCUT2D eigenvalue weighted by Gasteiger charge is -2.21. The summed E-state index contributed by atoms with van der Waals surface area (Å²) in [5.41, 5.74) is 2.47. The van der Waals surface area contributed by atoms with Crippen LogP contribution in [0.25, 0.3) is 0 Å². The monoisotopic (exact) mass is 516 g/mol. The summed E-state index contributed by atoms with van der Waals surface area (Å²) in [5, 5.41) is 13.3. The van der Waals surface area contributed by atoms with Crippen molar-refractivity contribution in [2.24, 2.45) is 10.2 Å². The number of thioether (sulfide) groups is 1. The first-order chi connectivity index (χ1) is 15.4. The normalized spacial score (nSPS) is 17.6. The molecule has 1 atom stereocenters. The Kier molecular flexibility index (Phi) is 8.18. The molecule has 1 aliphatic heterocycles. The van der Waals surface area contributed by atoms with E-state index in [1.807, 2.05) is 31.2 Å². The molecule has 166 valence electrons. The average Bonchev–Trinajstić information content (AvgIpc) is 2.78. The number of ether oxygens (including phenoxy) is 1. The Morgan fingerprint density at radius 1 is 1.16 bits per heavy atom. The third kappa shape index (κ3) is 6.51. The van der Waals surface area contributed by atoms with Gasteiger partial charge in [-0.2, -0.15) is 5.10 Å². The molecular formula is C22H21BrN4O4S. The number of carbonyl (C=O) groups is 3. The van der Waals surface area contributed by atoms with E-state index in [-0.39, 0.29) is 30.0 Å². The molecule has 10 heteroatoms. The van der Waals surface area contributed by atoms with Gasteiger partial charge in [-0.25, -0.2) is 4.79 Å². The quantitative estimate of drug-likeness (QED) is 0.343. The molecular weight excluding hydrogens is 496 g/mol. The zero-order valence-corrected chi connectivity index (χ0v) is 19.8. The van der Waals surface area contributed by atoms with Crippen LogP contribution in [0.3, 0.4) is 0 Å². The van der Waals surface area contributed by atoms with E-state index in [0.29, 0.717) is 17.0 Å². The maximum Gasteiger partial charge on any atom is 0.338 e. The number of nitrogens with one attached hydrogen (secondary N) is 2. The molecule has 0 saturated carbocycles. The van der Waals surface area contributed by atoms with E-state index < -0.39 is 11.2 Å². The lowest BCUT2D eigenvalue weighted by atomic mass is 10.1. The molecule has 2 N–H and O–H groups in total. The molecule has 1 fully saturated rings. The van der Waals surface area contributed by atoms with Crippen molar-refractivity contribution >= 4 is 62.0 Å². The van der Waals surface area contributed by atoms with E-state index in [1.54, 1.807) is 31.2 Å². The number of esters is 1. The van der Waals surface area contributed by atoms with E-state index in [0.717, 1.165) is 21.8 Å². The molecule has 1 aliphatic rings. The second-order valence-electron chi connectivity index (χ2n) is 6.74. The maximum absolute atomic E-state index is 12.7. The van der Waals surface area contributed by atoms with Gasteiger partial charge < -0.3 is 15.4 Å². The van der Waals surface area contributed by atoms with E-state index in [4.69, 9.17) is 4.74 Å². The first-order valence-electron chi connectivity index (χ1n) is 9.78. The van der Waals surface area contributed by atoms with Crippen molar-refractivity contribution in [2.45, 2.75) is 25.5 Å². The van der Waals surface area contributed by atoms with Crippen LogP contribution in [0.1, 0.15) is 36.2 Å². The highest BCUT2D eigenvalue weighted by molar-refractivity contribution is 9.10. The fraction of sp³-hybridized carbons (Fsp3) is 0.227. The summed E-state index contributed by atoms with van der Waals surface area (Å²) in [4.78, 5) is 36.5. The van der Waals surface area contributed by atoms with Gasteiger partial charge >= 0.3 is 5.97 Å². The Morgan fingerprint density at radius 2 is 1.81 bits per heavy atom. The van der Waals surface area contributed by atoms with Crippen LogP contribution >= 0.6 is 27.7 Å². The standard InChI is InChI=1S/C22H21BrN4O4S/c1-3-31-21(30)15-6-10-17(11-7-15)24-20(29)18-12-19(28)25-22(32-18)27-26-13(2)14-4-8-16(23)9-5-14/h4-11,18H,3,12H2,1-2H3,(H,24,29)(H,25,27,28)/b26-13-/t18-/m1/s1. The number of hydrogen-bond acceptors (Lipinski definition) is 7. The van der Waals surface area contributed by atoms with Crippen molar-refractivity contribution in [3.05, 3.63) is 64.1 Å². The molecule has 32 heavy (non-hydrogen) atoms. The Morgan fingerprint density at radius 3 is 2.47 bits per heavy atom. The molecule has 2 aromatic rings. The molecule has 1 heterocycles. The van der Waals surface area contributed by atoms with E-state index >= 15 is 0 Å². The molecule has 0 radical (unpaired) electrons. The summed E-state index contributed by atoms with van der Waals surface area (Å²) in [6.45, 7) is 3.83. The molecule has 0 unspecified atom stereocenters. The minimum atomic E-state index is -0.657. The van der Waals surface area contributed by atoms with Gasteiger partial charge in [0.2, 0.25) is 11.8 Å². The number of hydrogen-bond donors (Lipinski definition) is 2. The number of nitrogens with zero attached hydrogens (tertiary/aromatic N) is 2. The molecule has 0 aromatic heterocycles. The number of amidine groups is 1. The van der Waals surface area contributed by atoms with Crippen molar-refractivity contribution in [1.29, 1.82) is 0 Å². The van der Waals surface area contributed by atoms with Crippen LogP contribution in [-0.2, 0) is 14.3 Å². The Hall–Kier alpha value is -2.98. The third-order valence-corrected chi connectivity index (χ3v) is 5.98. The molecule has 3 rings (SSSR count). The van der Waals surface area contributed by atoms with Gasteiger partial charge in [0.25, 0.3) is 0 Å². The SMILES string of the molecule is CCOC(=O)c1ccc(NC(=O)[C@H]2CC(=O)N/C(=N/N=C(/C)c3ccc(Br)cc3)S2)cc1. The number of carbonyl (C=O) groups excluding carboxylic acids is 3. The zero-order chi connectivity index (χ0) is 23.1. The second kappa shape index (κ2) is 11.1. The first kappa shape index (κ1) is 23.7. The summed E-state index contributed by atoms with van der Waals surface area (Å²) in [5.74, 6) is -1.07. The third-order valence-electron chi connectivity index (χ3n) is 4.38. The fourth-order valence-electron chi connectivity index (χ4n) is 2.74. The van der Waals surface area contributed by atoms with E-state index in [2.05, 4.69) is 36.8 Å². The Balaban J connectivity index is 1.65. The van der Waals surface area contributed by atoms with Crippen LogP contribution in [-0.4, -0.2) is 40.5 Å². The van der Waals surface area contributed by atoms with Gasteiger partial charge in [-0.05, 0) is 55.8 Å². The van der Waals surface area contributed by atoms with Gasteiger partial charge in [-0.15, -0.1) is 5.10 Å². The molecule has 0 bridgehead atoms. The van der Waals surface area contributed by atoms with Gasteiger partial charge in [-0.3, -0.25) is 9.59 Å². The lowest BCUT2D eigenvalue weighted by molar-refractivity contribution is -0.123.